The molecule has 0 spiro atoms. The topological polar surface area (TPSA) is 56.8 Å². The molecule has 0 aromatic heterocycles. The van der Waals surface area contributed by atoms with Gasteiger partial charge in [0.25, 0.3) is 0 Å². The van der Waals surface area contributed by atoms with E-state index in [0.717, 1.165) is 17.0 Å². The zero-order valence-corrected chi connectivity index (χ0v) is 11.0. The molecular weight excluding hydrogens is 240 g/mol. The summed E-state index contributed by atoms with van der Waals surface area (Å²) in [5.74, 6) is 1.85. The van der Waals surface area contributed by atoms with Crippen molar-refractivity contribution in [2.24, 2.45) is 10.7 Å². The normalized spacial score (nSPS) is 11.2. The maximum absolute atomic E-state index is 6.02. The quantitative estimate of drug-likeness (QED) is 0.676. The molecular formula is C15H16N2O2. The van der Waals surface area contributed by atoms with Gasteiger partial charge in [-0.15, -0.1) is 0 Å². The zero-order valence-electron chi connectivity index (χ0n) is 11.0. The van der Waals surface area contributed by atoms with Gasteiger partial charge in [-0.2, -0.15) is 0 Å². The highest BCUT2D eigenvalue weighted by Crippen LogP contribution is 2.22. The predicted molar refractivity (Wildman–Crippen MR) is 76.4 cm³/mol. The lowest BCUT2D eigenvalue weighted by atomic mass is 10.2. The Morgan fingerprint density at radius 1 is 1.00 bits per heavy atom. The molecule has 4 nitrogen and oxygen atoms in total. The first kappa shape index (κ1) is 13.0. The van der Waals surface area contributed by atoms with Gasteiger partial charge >= 0.3 is 0 Å². The number of nitrogens with two attached hydrogens (primary N) is 1. The van der Waals surface area contributed by atoms with E-state index in [4.69, 9.17) is 15.2 Å². The maximum atomic E-state index is 6.02. The van der Waals surface area contributed by atoms with Gasteiger partial charge in [-0.3, -0.25) is 0 Å². The van der Waals surface area contributed by atoms with Crippen molar-refractivity contribution in [3.05, 3.63) is 54.1 Å². The first-order chi connectivity index (χ1) is 9.24. The largest absolute Gasteiger partial charge is 0.497 e. The summed E-state index contributed by atoms with van der Waals surface area (Å²) in [6.07, 6.45) is 0. The second-order valence-electron chi connectivity index (χ2n) is 3.90. The Balaban J connectivity index is 2.36. The minimum Gasteiger partial charge on any atom is -0.497 e. The van der Waals surface area contributed by atoms with Crippen LogP contribution in [0.15, 0.2) is 53.5 Å². The van der Waals surface area contributed by atoms with Crippen LogP contribution in [0.1, 0.15) is 5.56 Å². The van der Waals surface area contributed by atoms with Crippen LogP contribution in [-0.2, 0) is 0 Å². The number of aliphatic imine (C=N–C) groups is 1. The summed E-state index contributed by atoms with van der Waals surface area (Å²) in [5.41, 5.74) is 7.53. The molecule has 0 aliphatic rings. The number of hydrogen-bond donors (Lipinski definition) is 1. The highest BCUT2D eigenvalue weighted by Gasteiger charge is 2.06. The van der Waals surface area contributed by atoms with Gasteiger partial charge in [0.05, 0.1) is 25.5 Å². The molecule has 19 heavy (non-hydrogen) atoms. The Hall–Kier alpha value is -2.49. The summed E-state index contributed by atoms with van der Waals surface area (Å²) in [4.78, 5) is 4.38. The number of amidine groups is 1. The summed E-state index contributed by atoms with van der Waals surface area (Å²) in [7, 11) is 3.23. The van der Waals surface area contributed by atoms with Crippen molar-refractivity contribution >= 4 is 11.5 Å². The molecule has 0 atom stereocenters. The van der Waals surface area contributed by atoms with E-state index in [1.54, 1.807) is 14.2 Å². The molecule has 0 amide bonds. The summed E-state index contributed by atoms with van der Waals surface area (Å²) in [6.45, 7) is 0. The van der Waals surface area contributed by atoms with E-state index in [9.17, 15) is 0 Å². The lowest BCUT2D eigenvalue weighted by Gasteiger charge is -2.07. The van der Waals surface area contributed by atoms with Crippen LogP contribution in [-0.4, -0.2) is 20.1 Å². The molecule has 0 saturated heterocycles. The fourth-order valence-electron chi connectivity index (χ4n) is 1.74. The Labute approximate surface area is 112 Å². The number of methoxy groups -OCH3 is 2. The second kappa shape index (κ2) is 5.91. The van der Waals surface area contributed by atoms with Crippen LogP contribution >= 0.6 is 0 Å². The van der Waals surface area contributed by atoms with E-state index >= 15 is 0 Å². The zero-order chi connectivity index (χ0) is 13.7. The summed E-state index contributed by atoms with van der Waals surface area (Å²) in [6, 6.07) is 14.9. The smallest absolute Gasteiger partial charge is 0.135 e. The average molecular weight is 256 g/mol. The fourth-order valence-corrected chi connectivity index (χ4v) is 1.74. The molecule has 0 radical (unpaired) electrons. The van der Waals surface area contributed by atoms with E-state index in [0.29, 0.717) is 11.6 Å². The van der Waals surface area contributed by atoms with Crippen LogP contribution in [0, 0.1) is 0 Å². The molecule has 98 valence electrons. The van der Waals surface area contributed by atoms with E-state index in [1.807, 2.05) is 48.5 Å². The van der Waals surface area contributed by atoms with Gasteiger partial charge in [-0.25, -0.2) is 4.99 Å². The Kier molecular flexibility index (Phi) is 4.03. The summed E-state index contributed by atoms with van der Waals surface area (Å²) in [5, 5.41) is 0. The Bertz CT molecular complexity index is 594. The number of benzene rings is 2. The lowest BCUT2D eigenvalue weighted by Crippen LogP contribution is -2.13. The molecule has 2 aromatic carbocycles. The molecule has 0 fully saturated rings. The molecule has 2 aromatic rings. The first-order valence-corrected chi connectivity index (χ1v) is 5.86. The standard InChI is InChI=1S/C15H16N2O2/c1-18-12-7-5-6-11(10-12)17-15(16)13-8-3-4-9-14(13)19-2/h3-10H,1-2H3,(H2,16,17). The fraction of sp³-hybridized carbons (Fsp3) is 0.133. The molecule has 0 aliphatic heterocycles. The van der Waals surface area contributed by atoms with Crippen LogP contribution in [0.4, 0.5) is 5.69 Å². The van der Waals surface area contributed by atoms with E-state index in [-0.39, 0.29) is 0 Å². The molecule has 0 heterocycles. The third kappa shape index (κ3) is 3.04. The SMILES string of the molecule is COc1cccc(N=C(N)c2ccccc2OC)c1. The monoisotopic (exact) mass is 256 g/mol. The van der Waals surface area contributed by atoms with Crippen molar-refractivity contribution in [3.8, 4) is 11.5 Å². The van der Waals surface area contributed by atoms with Gasteiger partial charge in [-0.05, 0) is 24.3 Å². The van der Waals surface area contributed by atoms with Gasteiger partial charge in [0.15, 0.2) is 0 Å². The minimum absolute atomic E-state index is 0.408. The van der Waals surface area contributed by atoms with E-state index in [1.165, 1.54) is 0 Å². The van der Waals surface area contributed by atoms with Crippen molar-refractivity contribution in [3.63, 3.8) is 0 Å². The van der Waals surface area contributed by atoms with Gasteiger partial charge in [0.1, 0.15) is 17.3 Å². The maximum Gasteiger partial charge on any atom is 0.135 e. The highest BCUT2D eigenvalue weighted by atomic mass is 16.5. The Morgan fingerprint density at radius 3 is 2.53 bits per heavy atom. The van der Waals surface area contributed by atoms with Gasteiger partial charge < -0.3 is 15.2 Å². The summed E-state index contributed by atoms with van der Waals surface area (Å²) < 4.78 is 10.4. The van der Waals surface area contributed by atoms with E-state index in [2.05, 4.69) is 4.99 Å². The van der Waals surface area contributed by atoms with Crippen LogP contribution < -0.4 is 15.2 Å². The van der Waals surface area contributed by atoms with E-state index < -0.39 is 0 Å². The molecule has 0 aliphatic carbocycles. The number of nitrogens with zero attached hydrogens (tertiary/aromatic N) is 1. The molecule has 0 saturated carbocycles. The molecule has 0 unspecified atom stereocenters. The van der Waals surface area contributed by atoms with Crippen molar-refractivity contribution < 1.29 is 9.47 Å². The van der Waals surface area contributed by atoms with Crippen molar-refractivity contribution in [1.82, 2.24) is 0 Å². The van der Waals surface area contributed by atoms with Crippen molar-refractivity contribution in [2.45, 2.75) is 0 Å². The third-order valence-corrected chi connectivity index (χ3v) is 2.69. The van der Waals surface area contributed by atoms with Crippen molar-refractivity contribution in [1.29, 1.82) is 0 Å². The number of ether oxygens (including phenoxy) is 2. The third-order valence-electron chi connectivity index (χ3n) is 2.69. The van der Waals surface area contributed by atoms with Crippen LogP contribution in [0.3, 0.4) is 0 Å². The van der Waals surface area contributed by atoms with Crippen LogP contribution in [0.5, 0.6) is 11.5 Å². The predicted octanol–water partition coefficient (Wildman–Crippen LogP) is 2.74. The number of hydrogen-bond acceptors (Lipinski definition) is 3. The number of rotatable bonds is 4. The van der Waals surface area contributed by atoms with Crippen LogP contribution in [0.2, 0.25) is 0 Å². The van der Waals surface area contributed by atoms with Crippen molar-refractivity contribution in [2.75, 3.05) is 14.2 Å². The second-order valence-corrected chi connectivity index (χ2v) is 3.90. The molecule has 0 bridgehead atoms. The van der Waals surface area contributed by atoms with Gasteiger partial charge in [0, 0.05) is 6.07 Å². The first-order valence-electron chi connectivity index (χ1n) is 5.86. The Morgan fingerprint density at radius 2 is 1.79 bits per heavy atom. The summed E-state index contributed by atoms with van der Waals surface area (Å²) >= 11 is 0. The molecule has 4 heteroatoms. The minimum atomic E-state index is 0.408. The molecule has 2 N–H and O–H groups in total. The van der Waals surface area contributed by atoms with Crippen LogP contribution in [0.25, 0.3) is 0 Å². The molecule has 2 rings (SSSR count). The average Bonchev–Trinajstić information content (AvgIpc) is 2.47. The number of para-hydroxylation sites is 1. The van der Waals surface area contributed by atoms with Gasteiger partial charge in [-0.1, -0.05) is 18.2 Å². The van der Waals surface area contributed by atoms with Gasteiger partial charge in [0.2, 0.25) is 0 Å². The lowest BCUT2D eigenvalue weighted by molar-refractivity contribution is 0.414. The highest BCUT2D eigenvalue weighted by molar-refractivity contribution is 6.01.